The number of nitrogens with one attached hydrogen (secondary N) is 1. The van der Waals surface area contributed by atoms with Crippen molar-refractivity contribution in [3.05, 3.63) is 70.4 Å². The summed E-state index contributed by atoms with van der Waals surface area (Å²) in [4.78, 5) is 31.9. The molecule has 1 N–H and O–H groups in total. The SMILES string of the molecule is CC(C)COc1ccc(-c2nnc(CCC(=O)N3CCN(c4ccc(F)cc4)CC3)c(=O)[nH]2)cc1. The zero-order valence-corrected chi connectivity index (χ0v) is 20.0. The Labute approximate surface area is 203 Å². The highest BCUT2D eigenvalue weighted by Crippen LogP contribution is 2.19. The van der Waals surface area contributed by atoms with E-state index < -0.39 is 0 Å². The van der Waals surface area contributed by atoms with Crippen LogP contribution in [0.2, 0.25) is 0 Å². The molecule has 1 aliphatic heterocycles. The second-order valence-corrected chi connectivity index (χ2v) is 9.02. The molecule has 1 aromatic heterocycles. The summed E-state index contributed by atoms with van der Waals surface area (Å²) in [6.45, 7) is 7.30. The molecule has 0 aliphatic carbocycles. The number of nitrogens with zero attached hydrogens (tertiary/aromatic N) is 4. The van der Waals surface area contributed by atoms with Gasteiger partial charge in [-0.2, -0.15) is 0 Å². The summed E-state index contributed by atoms with van der Waals surface area (Å²) in [6.07, 6.45) is 0.414. The predicted octanol–water partition coefficient (Wildman–Crippen LogP) is 3.29. The number of rotatable bonds is 8. The number of benzene rings is 2. The summed E-state index contributed by atoms with van der Waals surface area (Å²) in [7, 11) is 0. The smallest absolute Gasteiger partial charge is 0.273 e. The van der Waals surface area contributed by atoms with Crippen molar-refractivity contribution < 1.29 is 13.9 Å². The van der Waals surface area contributed by atoms with E-state index in [-0.39, 0.29) is 35.8 Å². The van der Waals surface area contributed by atoms with Crippen LogP contribution >= 0.6 is 0 Å². The molecule has 0 radical (unpaired) electrons. The fraction of sp³-hybridized carbons (Fsp3) is 0.385. The predicted molar refractivity (Wildman–Crippen MR) is 132 cm³/mol. The highest BCUT2D eigenvalue weighted by Gasteiger charge is 2.21. The van der Waals surface area contributed by atoms with Gasteiger partial charge in [0.1, 0.15) is 17.3 Å². The highest BCUT2D eigenvalue weighted by atomic mass is 19.1. The van der Waals surface area contributed by atoms with Gasteiger partial charge in [-0.1, -0.05) is 13.8 Å². The Balaban J connectivity index is 1.29. The summed E-state index contributed by atoms with van der Waals surface area (Å²) < 4.78 is 18.8. The van der Waals surface area contributed by atoms with Crippen LogP contribution in [0.3, 0.4) is 0 Å². The quantitative estimate of drug-likeness (QED) is 0.533. The number of piperazine rings is 1. The number of carbonyl (C=O) groups is 1. The number of H-pyrrole nitrogens is 1. The molecule has 8 nitrogen and oxygen atoms in total. The Bertz CT molecular complexity index is 1190. The molecule has 0 unspecified atom stereocenters. The number of anilines is 1. The zero-order valence-electron chi connectivity index (χ0n) is 20.0. The normalized spacial score (nSPS) is 13.8. The van der Waals surface area contributed by atoms with Crippen LogP contribution in [-0.2, 0) is 11.2 Å². The number of aromatic nitrogens is 3. The highest BCUT2D eigenvalue weighted by molar-refractivity contribution is 5.76. The Morgan fingerprint density at radius 2 is 1.71 bits per heavy atom. The number of ether oxygens (including phenoxy) is 1. The average Bonchev–Trinajstić information content (AvgIpc) is 2.87. The maximum Gasteiger partial charge on any atom is 0.273 e. The van der Waals surface area contributed by atoms with Crippen molar-refractivity contribution >= 4 is 11.6 Å². The number of hydrogen-bond acceptors (Lipinski definition) is 6. The maximum atomic E-state index is 13.1. The Morgan fingerprint density at radius 3 is 2.34 bits per heavy atom. The number of hydrogen-bond donors (Lipinski definition) is 1. The van der Waals surface area contributed by atoms with Gasteiger partial charge in [-0.3, -0.25) is 9.59 Å². The van der Waals surface area contributed by atoms with E-state index in [1.54, 1.807) is 17.0 Å². The Hall–Kier alpha value is -3.75. The minimum Gasteiger partial charge on any atom is -0.493 e. The van der Waals surface area contributed by atoms with Gasteiger partial charge in [0.25, 0.3) is 5.56 Å². The summed E-state index contributed by atoms with van der Waals surface area (Å²) in [5, 5.41) is 8.23. The third-order valence-electron chi connectivity index (χ3n) is 5.88. The average molecular weight is 480 g/mol. The molecule has 4 rings (SSSR count). The van der Waals surface area contributed by atoms with Crippen LogP contribution in [0.25, 0.3) is 11.4 Å². The van der Waals surface area contributed by atoms with Crippen LogP contribution < -0.4 is 15.2 Å². The molecule has 2 aromatic carbocycles. The van der Waals surface area contributed by atoms with Gasteiger partial charge in [-0.15, -0.1) is 10.2 Å². The van der Waals surface area contributed by atoms with E-state index in [1.165, 1.54) is 12.1 Å². The van der Waals surface area contributed by atoms with E-state index >= 15 is 0 Å². The molecule has 0 saturated carbocycles. The number of amides is 1. The van der Waals surface area contributed by atoms with Gasteiger partial charge in [0, 0.05) is 50.3 Å². The molecule has 3 aromatic rings. The van der Waals surface area contributed by atoms with Crippen molar-refractivity contribution in [2.24, 2.45) is 5.92 Å². The topological polar surface area (TPSA) is 91.4 Å². The standard InChI is InChI=1S/C26H30FN5O3/c1-18(2)17-35-22-9-3-19(4-10-22)25-28-26(34)23(29-30-25)11-12-24(33)32-15-13-31(14-16-32)21-7-5-20(27)6-8-21/h3-10,18H,11-17H2,1-2H3,(H,28,30,34). The van der Waals surface area contributed by atoms with Crippen LogP contribution in [0, 0.1) is 11.7 Å². The molecular formula is C26H30FN5O3. The summed E-state index contributed by atoms with van der Waals surface area (Å²) in [6, 6.07) is 13.7. The van der Waals surface area contributed by atoms with E-state index in [1.807, 2.05) is 24.3 Å². The van der Waals surface area contributed by atoms with Gasteiger partial charge in [0.05, 0.1) is 6.61 Å². The molecule has 1 amide bonds. The largest absolute Gasteiger partial charge is 0.493 e. The number of carbonyl (C=O) groups excluding carboxylic acids is 1. The zero-order chi connectivity index (χ0) is 24.8. The van der Waals surface area contributed by atoms with Crippen molar-refractivity contribution in [3.63, 3.8) is 0 Å². The van der Waals surface area contributed by atoms with Crippen LogP contribution in [0.5, 0.6) is 5.75 Å². The molecule has 1 aliphatic rings. The van der Waals surface area contributed by atoms with E-state index in [0.29, 0.717) is 44.5 Å². The lowest BCUT2D eigenvalue weighted by Gasteiger charge is -2.36. The van der Waals surface area contributed by atoms with Crippen LogP contribution in [0.1, 0.15) is 26.0 Å². The van der Waals surface area contributed by atoms with Gasteiger partial charge in [-0.25, -0.2) is 4.39 Å². The van der Waals surface area contributed by atoms with Crippen LogP contribution in [0.4, 0.5) is 10.1 Å². The van der Waals surface area contributed by atoms with Gasteiger partial charge in [0.2, 0.25) is 5.91 Å². The first-order valence-corrected chi connectivity index (χ1v) is 11.9. The molecule has 9 heteroatoms. The van der Waals surface area contributed by atoms with Crippen molar-refractivity contribution in [2.45, 2.75) is 26.7 Å². The number of halogens is 1. The maximum absolute atomic E-state index is 13.1. The molecule has 0 spiro atoms. The summed E-state index contributed by atoms with van der Waals surface area (Å²) in [5.74, 6) is 1.27. The van der Waals surface area contributed by atoms with Gasteiger partial charge in [0.15, 0.2) is 5.82 Å². The Morgan fingerprint density at radius 1 is 1.03 bits per heavy atom. The van der Waals surface area contributed by atoms with Crippen LogP contribution in [-0.4, -0.2) is 58.8 Å². The first-order valence-electron chi connectivity index (χ1n) is 11.9. The van der Waals surface area contributed by atoms with Crippen molar-refractivity contribution in [1.82, 2.24) is 20.1 Å². The van der Waals surface area contributed by atoms with Crippen molar-refractivity contribution in [3.8, 4) is 17.1 Å². The van der Waals surface area contributed by atoms with E-state index in [4.69, 9.17) is 4.74 Å². The minimum atomic E-state index is -0.343. The lowest BCUT2D eigenvalue weighted by Crippen LogP contribution is -2.48. The van der Waals surface area contributed by atoms with E-state index in [0.717, 1.165) is 17.0 Å². The van der Waals surface area contributed by atoms with Gasteiger partial charge >= 0.3 is 0 Å². The lowest BCUT2D eigenvalue weighted by atomic mass is 10.2. The minimum absolute atomic E-state index is 0.0222. The van der Waals surface area contributed by atoms with Crippen LogP contribution in [0.15, 0.2) is 53.3 Å². The fourth-order valence-corrected chi connectivity index (χ4v) is 3.88. The molecule has 1 fully saturated rings. The lowest BCUT2D eigenvalue weighted by molar-refractivity contribution is -0.131. The molecule has 184 valence electrons. The van der Waals surface area contributed by atoms with Crippen molar-refractivity contribution in [2.75, 3.05) is 37.7 Å². The molecule has 0 bridgehead atoms. The third kappa shape index (κ3) is 6.44. The summed E-state index contributed by atoms with van der Waals surface area (Å²) in [5.41, 5.74) is 1.57. The van der Waals surface area contributed by atoms with E-state index in [2.05, 4.69) is 33.9 Å². The summed E-state index contributed by atoms with van der Waals surface area (Å²) >= 11 is 0. The monoisotopic (exact) mass is 479 g/mol. The van der Waals surface area contributed by atoms with Gasteiger partial charge in [-0.05, 0) is 54.4 Å². The third-order valence-corrected chi connectivity index (χ3v) is 5.88. The number of aromatic amines is 1. The molecule has 35 heavy (non-hydrogen) atoms. The number of aryl methyl sites for hydroxylation is 1. The first-order chi connectivity index (χ1) is 16.9. The molecule has 1 saturated heterocycles. The molecular weight excluding hydrogens is 449 g/mol. The fourth-order valence-electron chi connectivity index (χ4n) is 3.88. The van der Waals surface area contributed by atoms with Crippen molar-refractivity contribution in [1.29, 1.82) is 0 Å². The first kappa shape index (κ1) is 24.4. The molecule has 2 heterocycles. The van der Waals surface area contributed by atoms with Gasteiger partial charge < -0.3 is 19.5 Å². The second kappa shape index (κ2) is 11.1. The Kier molecular flexibility index (Phi) is 7.74. The van der Waals surface area contributed by atoms with E-state index in [9.17, 15) is 14.0 Å². The second-order valence-electron chi connectivity index (χ2n) is 9.02. The molecule has 0 atom stereocenters.